The Hall–Kier alpha value is -0.910. The second-order valence-electron chi connectivity index (χ2n) is 6.04. The van der Waals surface area contributed by atoms with E-state index in [1.165, 1.54) is 0 Å². The summed E-state index contributed by atoms with van der Waals surface area (Å²) in [5.74, 6) is 1.08. The number of carboxylic acid groups (broad SMARTS) is 1. The molecule has 1 saturated heterocycles. The Labute approximate surface area is 131 Å². The van der Waals surface area contributed by atoms with Gasteiger partial charge < -0.3 is 15.3 Å². The van der Waals surface area contributed by atoms with Crippen molar-refractivity contribution in [2.24, 2.45) is 11.8 Å². The summed E-state index contributed by atoms with van der Waals surface area (Å²) in [6, 6.07) is -1.01. The van der Waals surface area contributed by atoms with Gasteiger partial charge in [0.1, 0.15) is 6.04 Å². The lowest BCUT2D eigenvalue weighted by Crippen LogP contribution is -2.48. The summed E-state index contributed by atoms with van der Waals surface area (Å²) in [6.45, 7) is 5.90. The molecule has 0 aliphatic carbocycles. The van der Waals surface area contributed by atoms with E-state index in [4.69, 9.17) is 0 Å². The molecule has 1 aliphatic heterocycles. The van der Waals surface area contributed by atoms with Crippen LogP contribution in [0.4, 0.5) is 4.79 Å². The maximum Gasteiger partial charge on any atom is 0.326 e. The highest BCUT2D eigenvalue weighted by molar-refractivity contribution is 7.98. The van der Waals surface area contributed by atoms with Crippen molar-refractivity contribution in [2.75, 3.05) is 25.1 Å². The molecule has 2 N–H and O–H groups in total. The van der Waals surface area contributed by atoms with Crippen LogP contribution in [0.1, 0.15) is 39.5 Å². The first kappa shape index (κ1) is 18.1. The predicted molar refractivity (Wildman–Crippen MR) is 86.7 cm³/mol. The maximum absolute atomic E-state index is 12.3. The van der Waals surface area contributed by atoms with Crippen molar-refractivity contribution in [1.82, 2.24) is 10.2 Å². The molecule has 1 rings (SSSR count). The Bertz CT molecular complexity index is 350. The van der Waals surface area contributed by atoms with Gasteiger partial charge in [-0.3, -0.25) is 0 Å². The Morgan fingerprint density at radius 2 is 2.05 bits per heavy atom. The van der Waals surface area contributed by atoms with Gasteiger partial charge in [0.2, 0.25) is 0 Å². The van der Waals surface area contributed by atoms with E-state index in [1.807, 2.05) is 6.26 Å². The van der Waals surface area contributed by atoms with Crippen LogP contribution >= 0.6 is 11.8 Å². The molecular weight excluding hydrogens is 288 g/mol. The third-order valence-electron chi connectivity index (χ3n) is 4.21. The number of hydrogen-bond acceptors (Lipinski definition) is 3. The van der Waals surface area contributed by atoms with Crippen LogP contribution in [-0.4, -0.2) is 53.1 Å². The quantitative estimate of drug-likeness (QED) is 0.790. The monoisotopic (exact) mass is 316 g/mol. The van der Waals surface area contributed by atoms with E-state index < -0.39 is 12.0 Å². The SMILES string of the molecule is CSCC[C@H](NC(=O)N1CCCC(C(C)C)CC1)C(=O)O. The van der Waals surface area contributed by atoms with Crippen LogP contribution in [0.3, 0.4) is 0 Å². The molecule has 2 amide bonds. The number of thioether (sulfide) groups is 1. The highest BCUT2D eigenvalue weighted by atomic mass is 32.2. The number of carboxylic acids is 1. The number of amides is 2. The first-order valence-electron chi connectivity index (χ1n) is 7.72. The minimum atomic E-state index is -0.952. The molecule has 1 aliphatic rings. The number of carbonyl (C=O) groups excluding carboxylic acids is 1. The van der Waals surface area contributed by atoms with E-state index >= 15 is 0 Å². The van der Waals surface area contributed by atoms with Crippen LogP contribution in [0.15, 0.2) is 0 Å². The first-order valence-corrected chi connectivity index (χ1v) is 9.12. The van der Waals surface area contributed by atoms with Crippen LogP contribution < -0.4 is 5.32 Å². The molecule has 122 valence electrons. The van der Waals surface area contributed by atoms with Crippen LogP contribution in [-0.2, 0) is 4.79 Å². The smallest absolute Gasteiger partial charge is 0.326 e. The molecule has 0 radical (unpaired) electrons. The largest absolute Gasteiger partial charge is 0.480 e. The van der Waals surface area contributed by atoms with E-state index in [9.17, 15) is 14.7 Å². The molecule has 0 aromatic rings. The molecule has 1 fully saturated rings. The van der Waals surface area contributed by atoms with Gasteiger partial charge in [-0.15, -0.1) is 0 Å². The Balaban J connectivity index is 2.51. The Kier molecular flexibility index (Phi) is 7.93. The number of nitrogens with one attached hydrogen (secondary N) is 1. The highest BCUT2D eigenvalue weighted by Gasteiger charge is 2.25. The van der Waals surface area contributed by atoms with Crippen molar-refractivity contribution in [3.63, 3.8) is 0 Å². The van der Waals surface area contributed by atoms with Crippen LogP contribution in [0, 0.1) is 11.8 Å². The van der Waals surface area contributed by atoms with Crippen molar-refractivity contribution in [2.45, 2.75) is 45.6 Å². The molecule has 5 nitrogen and oxygen atoms in total. The molecule has 0 saturated carbocycles. The van der Waals surface area contributed by atoms with E-state index in [0.29, 0.717) is 18.3 Å². The van der Waals surface area contributed by atoms with Gasteiger partial charge in [0.05, 0.1) is 0 Å². The Morgan fingerprint density at radius 1 is 1.33 bits per heavy atom. The molecule has 1 unspecified atom stereocenters. The second kappa shape index (κ2) is 9.18. The minimum absolute atomic E-state index is 0.229. The summed E-state index contributed by atoms with van der Waals surface area (Å²) in [7, 11) is 0. The number of likely N-dealkylation sites (tertiary alicyclic amines) is 1. The fourth-order valence-electron chi connectivity index (χ4n) is 2.73. The van der Waals surface area contributed by atoms with Crippen molar-refractivity contribution < 1.29 is 14.7 Å². The maximum atomic E-state index is 12.3. The van der Waals surface area contributed by atoms with E-state index in [2.05, 4.69) is 19.2 Å². The first-order chi connectivity index (χ1) is 9.95. The summed E-state index contributed by atoms with van der Waals surface area (Å²) in [5, 5.41) is 11.8. The molecule has 1 heterocycles. The third kappa shape index (κ3) is 6.16. The number of rotatable bonds is 6. The zero-order chi connectivity index (χ0) is 15.8. The highest BCUT2D eigenvalue weighted by Crippen LogP contribution is 2.24. The zero-order valence-electron chi connectivity index (χ0n) is 13.3. The van der Waals surface area contributed by atoms with Gasteiger partial charge >= 0.3 is 12.0 Å². The fourth-order valence-corrected chi connectivity index (χ4v) is 3.20. The molecule has 2 atom stereocenters. The molecule has 0 spiro atoms. The molecule has 6 heteroatoms. The van der Waals surface area contributed by atoms with Crippen LogP contribution in [0.2, 0.25) is 0 Å². The summed E-state index contributed by atoms with van der Waals surface area (Å²) in [5.41, 5.74) is 0. The van der Waals surface area contributed by atoms with Gasteiger partial charge in [0.25, 0.3) is 0 Å². The van der Waals surface area contributed by atoms with Crippen molar-refractivity contribution >= 4 is 23.8 Å². The molecule has 0 aromatic carbocycles. The van der Waals surface area contributed by atoms with Gasteiger partial charge in [-0.2, -0.15) is 11.8 Å². The molecule has 21 heavy (non-hydrogen) atoms. The van der Waals surface area contributed by atoms with Gasteiger partial charge in [-0.1, -0.05) is 13.8 Å². The minimum Gasteiger partial charge on any atom is -0.480 e. The third-order valence-corrected chi connectivity index (χ3v) is 4.85. The van der Waals surface area contributed by atoms with Gasteiger partial charge in [0, 0.05) is 13.1 Å². The summed E-state index contributed by atoms with van der Waals surface area (Å²) < 4.78 is 0. The lowest BCUT2D eigenvalue weighted by molar-refractivity contribution is -0.139. The van der Waals surface area contributed by atoms with Gasteiger partial charge in [0.15, 0.2) is 0 Å². The predicted octanol–water partition coefficient (Wildman–Crippen LogP) is 2.66. The van der Waals surface area contributed by atoms with E-state index in [1.54, 1.807) is 16.7 Å². The average molecular weight is 316 g/mol. The Morgan fingerprint density at radius 3 is 2.62 bits per heavy atom. The fraction of sp³-hybridized carbons (Fsp3) is 0.867. The van der Waals surface area contributed by atoms with Crippen molar-refractivity contribution in [3.8, 4) is 0 Å². The van der Waals surface area contributed by atoms with Crippen LogP contribution in [0.25, 0.3) is 0 Å². The number of hydrogen-bond donors (Lipinski definition) is 2. The van der Waals surface area contributed by atoms with E-state index in [0.717, 1.165) is 38.1 Å². The summed E-state index contributed by atoms with van der Waals surface area (Å²) in [4.78, 5) is 25.2. The lowest BCUT2D eigenvalue weighted by atomic mass is 9.89. The average Bonchev–Trinajstić information content (AvgIpc) is 2.68. The normalized spacial score (nSPS) is 21.0. The van der Waals surface area contributed by atoms with Gasteiger partial charge in [-0.25, -0.2) is 9.59 Å². The number of carbonyl (C=O) groups is 2. The zero-order valence-corrected chi connectivity index (χ0v) is 14.1. The van der Waals surface area contributed by atoms with Crippen LogP contribution in [0.5, 0.6) is 0 Å². The number of urea groups is 1. The topological polar surface area (TPSA) is 69.6 Å². The van der Waals surface area contributed by atoms with Gasteiger partial charge in [-0.05, 0) is 49.5 Å². The standard InChI is InChI=1S/C15H28N2O3S/c1-11(2)12-5-4-8-17(9-6-12)15(20)16-13(14(18)19)7-10-21-3/h11-13H,4-10H2,1-3H3,(H,16,20)(H,18,19)/t12?,13-/m0/s1. The lowest BCUT2D eigenvalue weighted by Gasteiger charge is -2.24. The summed E-state index contributed by atoms with van der Waals surface area (Å²) in [6.07, 6.45) is 5.55. The molecular formula is C15H28N2O3S. The molecule has 0 bridgehead atoms. The molecule has 0 aromatic heterocycles. The number of aliphatic carboxylic acids is 1. The van der Waals surface area contributed by atoms with Crippen molar-refractivity contribution in [3.05, 3.63) is 0 Å². The summed E-state index contributed by atoms with van der Waals surface area (Å²) >= 11 is 1.59. The van der Waals surface area contributed by atoms with E-state index in [-0.39, 0.29) is 6.03 Å². The number of nitrogens with zero attached hydrogens (tertiary/aromatic N) is 1. The second-order valence-corrected chi connectivity index (χ2v) is 7.03. The van der Waals surface area contributed by atoms with Crippen molar-refractivity contribution in [1.29, 1.82) is 0 Å².